The first kappa shape index (κ1) is 20.4. The van der Waals surface area contributed by atoms with Gasteiger partial charge in [0.1, 0.15) is 12.4 Å². The van der Waals surface area contributed by atoms with Crippen LogP contribution in [0.15, 0.2) is 59.6 Å². The molecule has 0 saturated heterocycles. The normalized spacial score (nSPS) is 10.8. The molecule has 0 aliphatic heterocycles. The van der Waals surface area contributed by atoms with E-state index < -0.39 is 0 Å². The third kappa shape index (κ3) is 5.56. The molecular formula is C21H23BrFN3O2. The first-order chi connectivity index (χ1) is 13.7. The standard InChI is InChI=1S/C21H23BrFN3O2/c1-27-20-11-17(13-24-7-4-9-26-10-8-25-15-26)18(22)12-21(20)28-14-16-5-2-3-6-19(16)23/h2-3,5-6,8,10-12,15,24H,4,7,9,13-14H2,1H3. The van der Waals surface area contributed by atoms with Crippen molar-refractivity contribution in [3.8, 4) is 11.5 Å². The van der Waals surface area contributed by atoms with Crippen molar-refractivity contribution in [2.75, 3.05) is 13.7 Å². The summed E-state index contributed by atoms with van der Waals surface area (Å²) in [5.74, 6) is 0.910. The number of aryl methyl sites for hydroxylation is 1. The van der Waals surface area contributed by atoms with Crippen LogP contribution in [0.5, 0.6) is 11.5 Å². The molecule has 7 heteroatoms. The summed E-state index contributed by atoms with van der Waals surface area (Å²) in [4.78, 5) is 4.04. The number of nitrogens with zero attached hydrogens (tertiary/aromatic N) is 2. The lowest BCUT2D eigenvalue weighted by molar-refractivity contribution is 0.279. The molecule has 0 radical (unpaired) electrons. The van der Waals surface area contributed by atoms with Crippen molar-refractivity contribution in [1.29, 1.82) is 0 Å². The van der Waals surface area contributed by atoms with Crippen molar-refractivity contribution < 1.29 is 13.9 Å². The number of aromatic nitrogens is 2. The van der Waals surface area contributed by atoms with E-state index in [-0.39, 0.29) is 12.4 Å². The number of methoxy groups -OCH3 is 1. The Bertz CT molecular complexity index is 887. The van der Waals surface area contributed by atoms with E-state index in [1.54, 1.807) is 31.5 Å². The Balaban J connectivity index is 1.55. The number of rotatable bonds is 10. The van der Waals surface area contributed by atoms with Crippen molar-refractivity contribution in [2.45, 2.75) is 26.1 Å². The van der Waals surface area contributed by atoms with E-state index >= 15 is 0 Å². The molecule has 28 heavy (non-hydrogen) atoms. The Kier molecular flexibility index (Phi) is 7.45. The Labute approximate surface area is 172 Å². The zero-order valence-corrected chi connectivity index (χ0v) is 17.3. The topological polar surface area (TPSA) is 48.3 Å². The fourth-order valence-corrected chi connectivity index (χ4v) is 3.25. The van der Waals surface area contributed by atoms with E-state index in [4.69, 9.17) is 9.47 Å². The Morgan fingerprint density at radius 3 is 2.79 bits per heavy atom. The van der Waals surface area contributed by atoms with Crippen LogP contribution in [0.2, 0.25) is 0 Å². The van der Waals surface area contributed by atoms with Crippen LogP contribution in [0.3, 0.4) is 0 Å². The summed E-state index contributed by atoms with van der Waals surface area (Å²) in [5, 5.41) is 3.43. The fourth-order valence-electron chi connectivity index (χ4n) is 2.78. The van der Waals surface area contributed by atoms with Gasteiger partial charge in [0.25, 0.3) is 0 Å². The van der Waals surface area contributed by atoms with E-state index in [9.17, 15) is 4.39 Å². The van der Waals surface area contributed by atoms with Gasteiger partial charge in [-0.25, -0.2) is 9.37 Å². The van der Waals surface area contributed by atoms with Gasteiger partial charge >= 0.3 is 0 Å². The van der Waals surface area contributed by atoms with Gasteiger partial charge in [-0.05, 0) is 36.7 Å². The lowest BCUT2D eigenvalue weighted by Crippen LogP contribution is -2.16. The van der Waals surface area contributed by atoms with E-state index in [2.05, 4.69) is 30.8 Å². The van der Waals surface area contributed by atoms with Crippen LogP contribution in [0, 0.1) is 5.82 Å². The Morgan fingerprint density at radius 2 is 2.04 bits per heavy atom. The van der Waals surface area contributed by atoms with Crippen LogP contribution in [0.4, 0.5) is 4.39 Å². The lowest BCUT2D eigenvalue weighted by atomic mass is 10.2. The second-order valence-corrected chi connectivity index (χ2v) is 7.16. The van der Waals surface area contributed by atoms with Crippen molar-refractivity contribution in [1.82, 2.24) is 14.9 Å². The molecule has 3 aromatic rings. The molecule has 1 heterocycles. The predicted molar refractivity (Wildman–Crippen MR) is 110 cm³/mol. The van der Waals surface area contributed by atoms with Crippen LogP contribution in [-0.4, -0.2) is 23.2 Å². The highest BCUT2D eigenvalue weighted by molar-refractivity contribution is 9.10. The largest absolute Gasteiger partial charge is 0.493 e. The van der Waals surface area contributed by atoms with E-state index in [1.807, 2.05) is 24.7 Å². The molecule has 3 rings (SSSR count). The van der Waals surface area contributed by atoms with Gasteiger partial charge in [0.05, 0.1) is 13.4 Å². The van der Waals surface area contributed by atoms with Crippen LogP contribution >= 0.6 is 15.9 Å². The van der Waals surface area contributed by atoms with Crippen molar-refractivity contribution in [3.05, 3.63) is 76.5 Å². The van der Waals surface area contributed by atoms with Gasteiger partial charge in [-0.15, -0.1) is 0 Å². The number of imidazole rings is 1. The molecule has 0 aliphatic rings. The zero-order chi connectivity index (χ0) is 19.8. The smallest absolute Gasteiger partial charge is 0.162 e. The molecule has 0 bridgehead atoms. The number of benzene rings is 2. The predicted octanol–water partition coefficient (Wildman–Crippen LogP) is 4.55. The molecule has 0 amide bonds. The number of hydrogen-bond acceptors (Lipinski definition) is 4. The van der Waals surface area contributed by atoms with Gasteiger partial charge in [-0.1, -0.05) is 34.1 Å². The number of hydrogen-bond donors (Lipinski definition) is 1. The minimum atomic E-state index is -0.281. The third-order valence-corrected chi connectivity index (χ3v) is 5.06. The third-order valence-electron chi connectivity index (χ3n) is 4.32. The molecule has 0 atom stereocenters. The van der Waals surface area contributed by atoms with Crippen LogP contribution in [0.25, 0.3) is 0 Å². The van der Waals surface area contributed by atoms with Crippen LogP contribution < -0.4 is 14.8 Å². The number of halogens is 2. The fraction of sp³-hybridized carbons (Fsp3) is 0.286. The minimum absolute atomic E-state index is 0.140. The van der Waals surface area contributed by atoms with Crippen LogP contribution in [-0.2, 0) is 19.7 Å². The highest BCUT2D eigenvalue weighted by Gasteiger charge is 2.11. The summed E-state index contributed by atoms with van der Waals surface area (Å²) < 4.78 is 28.0. The minimum Gasteiger partial charge on any atom is -0.493 e. The van der Waals surface area contributed by atoms with E-state index in [1.165, 1.54) is 6.07 Å². The molecule has 0 unspecified atom stereocenters. The molecule has 1 N–H and O–H groups in total. The first-order valence-corrected chi connectivity index (χ1v) is 9.85. The maximum Gasteiger partial charge on any atom is 0.162 e. The van der Waals surface area contributed by atoms with Gasteiger partial charge in [0.2, 0.25) is 0 Å². The quantitative estimate of drug-likeness (QED) is 0.463. The second-order valence-electron chi connectivity index (χ2n) is 6.31. The van der Waals surface area contributed by atoms with Gasteiger partial charge in [0, 0.05) is 35.5 Å². The average Bonchev–Trinajstić information content (AvgIpc) is 3.22. The van der Waals surface area contributed by atoms with Gasteiger partial charge < -0.3 is 19.4 Å². The van der Waals surface area contributed by atoms with Crippen LogP contribution in [0.1, 0.15) is 17.5 Å². The van der Waals surface area contributed by atoms with Gasteiger partial charge in [-0.3, -0.25) is 0 Å². The molecule has 148 valence electrons. The summed E-state index contributed by atoms with van der Waals surface area (Å²) in [7, 11) is 1.60. The summed E-state index contributed by atoms with van der Waals surface area (Å²) in [6, 6.07) is 10.4. The van der Waals surface area contributed by atoms with E-state index in [0.717, 1.165) is 29.5 Å². The van der Waals surface area contributed by atoms with E-state index in [0.29, 0.717) is 23.6 Å². The SMILES string of the molecule is COc1cc(CNCCCn2ccnc2)c(Br)cc1OCc1ccccc1F. The van der Waals surface area contributed by atoms with Gasteiger partial charge in [-0.2, -0.15) is 0 Å². The van der Waals surface area contributed by atoms with Gasteiger partial charge in [0.15, 0.2) is 11.5 Å². The zero-order valence-electron chi connectivity index (χ0n) is 15.7. The molecule has 0 spiro atoms. The highest BCUT2D eigenvalue weighted by atomic mass is 79.9. The molecular weight excluding hydrogens is 425 g/mol. The molecule has 5 nitrogen and oxygen atoms in total. The molecule has 0 aliphatic carbocycles. The highest BCUT2D eigenvalue weighted by Crippen LogP contribution is 2.34. The first-order valence-electron chi connectivity index (χ1n) is 9.06. The summed E-state index contributed by atoms with van der Waals surface area (Å²) in [6.45, 7) is 2.66. The lowest BCUT2D eigenvalue weighted by Gasteiger charge is -2.15. The Hall–Kier alpha value is -2.38. The molecule has 1 aromatic heterocycles. The van der Waals surface area contributed by atoms with Crippen molar-refractivity contribution in [3.63, 3.8) is 0 Å². The maximum atomic E-state index is 13.8. The monoisotopic (exact) mass is 447 g/mol. The number of ether oxygens (including phenoxy) is 2. The number of nitrogens with one attached hydrogen (secondary N) is 1. The second kappa shape index (κ2) is 10.2. The summed E-state index contributed by atoms with van der Waals surface area (Å²) in [5.41, 5.74) is 1.57. The molecule has 0 saturated carbocycles. The molecule has 2 aromatic carbocycles. The molecule has 0 fully saturated rings. The van der Waals surface area contributed by atoms with Crippen molar-refractivity contribution >= 4 is 15.9 Å². The maximum absolute atomic E-state index is 13.8. The average molecular weight is 448 g/mol. The van der Waals surface area contributed by atoms with Crippen molar-refractivity contribution in [2.24, 2.45) is 0 Å². The summed E-state index contributed by atoms with van der Waals surface area (Å²) >= 11 is 3.59. The summed E-state index contributed by atoms with van der Waals surface area (Å²) in [6.07, 6.45) is 6.57. The Morgan fingerprint density at radius 1 is 1.18 bits per heavy atom.